The van der Waals surface area contributed by atoms with Gasteiger partial charge in [-0.3, -0.25) is 0 Å². The molecular formula is C15H12S2. The normalized spacial score (nSPS) is 10.6. The van der Waals surface area contributed by atoms with Crippen LogP contribution in [0.5, 0.6) is 0 Å². The van der Waals surface area contributed by atoms with Crippen LogP contribution in [0, 0.1) is 6.92 Å². The summed E-state index contributed by atoms with van der Waals surface area (Å²) in [5.41, 5.74) is 2.63. The van der Waals surface area contributed by atoms with Crippen LogP contribution in [0.1, 0.15) is 5.56 Å². The molecule has 2 heterocycles. The number of aryl methyl sites for hydroxylation is 1. The third kappa shape index (κ3) is 2.19. The molecular weight excluding hydrogens is 244 g/mol. The summed E-state index contributed by atoms with van der Waals surface area (Å²) in [7, 11) is 0. The fourth-order valence-corrected chi connectivity index (χ4v) is 3.68. The maximum atomic E-state index is 2.24. The van der Waals surface area contributed by atoms with Crippen LogP contribution < -0.4 is 0 Å². The van der Waals surface area contributed by atoms with Gasteiger partial charge in [-0.15, -0.1) is 22.7 Å². The van der Waals surface area contributed by atoms with E-state index in [1.165, 1.54) is 25.8 Å². The average Bonchev–Trinajstić information content (AvgIpc) is 3.00. The van der Waals surface area contributed by atoms with Crippen molar-refractivity contribution >= 4 is 22.7 Å². The number of benzene rings is 1. The highest BCUT2D eigenvalue weighted by atomic mass is 32.1. The zero-order chi connectivity index (χ0) is 11.7. The second-order valence-corrected chi connectivity index (χ2v) is 6.04. The monoisotopic (exact) mass is 256 g/mol. The standard InChI is InChI=1S/C15H12S2/c1-11-4-2-5-12(10-11)13-7-8-15(17-13)14-6-3-9-16-14/h2-10H,1H3. The number of hydrogen-bond acceptors (Lipinski definition) is 2. The predicted octanol–water partition coefficient (Wildman–Crippen LogP) is 5.45. The van der Waals surface area contributed by atoms with Crippen LogP contribution in [0.25, 0.3) is 20.2 Å². The maximum absolute atomic E-state index is 2.24. The Kier molecular flexibility index (Phi) is 2.83. The van der Waals surface area contributed by atoms with Gasteiger partial charge >= 0.3 is 0 Å². The van der Waals surface area contributed by atoms with Crippen molar-refractivity contribution in [3.63, 3.8) is 0 Å². The molecule has 0 radical (unpaired) electrons. The molecule has 0 aliphatic heterocycles. The molecule has 0 atom stereocenters. The molecule has 3 rings (SSSR count). The first-order chi connectivity index (χ1) is 8.33. The van der Waals surface area contributed by atoms with Crippen LogP contribution >= 0.6 is 22.7 Å². The van der Waals surface area contributed by atoms with Crippen molar-refractivity contribution < 1.29 is 0 Å². The van der Waals surface area contributed by atoms with Gasteiger partial charge < -0.3 is 0 Å². The Labute approximate surface area is 109 Å². The Morgan fingerprint density at radius 2 is 1.71 bits per heavy atom. The van der Waals surface area contributed by atoms with E-state index in [0.29, 0.717) is 0 Å². The number of thiophene rings is 2. The van der Waals surface area contributed by atoms with E-state index in [1.807, 2.05) is 11.3 Å². The molecule has 0 spiro atoms. The van der Waals surface area contributed by atoms with Gasteiger partial charge in [-0.1, -0.05) is 35.9 Å². The molecule has 2 heteroatoms. The van der Waals surface area contributed by atoms with Gasteiger partial charge in [-0.05, 0) is 36.1 Å². The lowest BCUT2D eigenvalue weighted by molar-refractivity contribution is 1.48. The van der Waals surface area contributed by atoms with Gasteiger partial charge in [0.25, 0.3) is 0 Å². The molecule has 0 nitrogen and oxygen atoms in total. The summed E-state index contributed by atoms with van der Waals surface area (Å²) < 4.78 is 0. The van der Waals surface area contributed by atoms with E-state index in [9.17, 15) is 0 Å². The SMILES string of the molecule is Cc1cccc(-c2ccc(-c3cccs3)s2)c1. The Bertz CT molecular complexity index is 618. The van der Waals surface area contributed by atoms with Gasteiger partial charge in [0, 0.05) is 14.6 Å². The van der Waals surface area contributed by atoms with E-state index in [0.717, 1.165) is 0 Å². The molecule has 0 amide bonds. The van der Waals surface area contributed by atoms with E-state index in [4.69, 9.17) is 0 Å². The molecule has 3 aromatic rings. The van der Waals surface area contributed by atoms with E-state index < -0.39 is 0 Å². The Morgan fingerprint density at radius 1 is 0.824 bits per heavy atom. The van der Waals surface area contributed by atoms with Gasteiger partial charge in [0.05, 0.1) is 0 Å². The molecule has 17 heavy (non-hydrogen) atoms. The summed E-state index contributed by atoms with van der Waals surface area (Å²) >= 11 is 3.66. The van der Waals surface area contributed by atoms with Crippen LogP contribution in [-0.4, -0.2) is 0 Å². The Balaban J connectivity index is 2.01. The molecule has 2 aromatic heterocycles. The molecule has 0 fully saturated rings. The minimum Gasteiger partial charge on any atom is -0.143 e. The van der Waals surface area contributed by atoms with Crippen molar-refractivity contribution in [1.29, 1.82) is 0 Å². The van der Waals surface area contributed by atoms with Gasteiger partial charge in [-0.25, -0.2) is 0 Å². The summed E-state index contributed by atoms with van der Waals surface area (Å²) in [6, 6.07) is 17.4. The van der Waals surface area contributed by atoms with Crippen LogP contribution in [0.15, 0.2) is 53.9 Å². The molecule has 0 unspecified atom stereocenters. The summed E-state index contributed by atoms with van der Waals surface area (Å²) in [5.74, 6) is 0. The maximum Gasteiger partial charge on any atom is 0.0449 e. The van der Waals surface area contributed by atoms with Crippen molar-refractivity contribution in [2.45, 2.75) is 6.92 Å². The van der Waals surface area contributed by atoms with Crippen LogP contribution in [0.2, 0.25) is 0 Å². The lowest BCUT2D eigenvalue weighted by Crippen LogP contribution is -1.73. The zero-order valence-corrected chi connectivity index (χ0v) is 11.1. The Hall–Kier alpha value is -1.38. The summed E-state index contributed by atoms with van der Waals surface area (Å²) in [6.07, 6.45) is 0. The summed E-state index contributed by atoms with van der Waals surface area (Å²) in [6.45, 7) is 2.14. The third-order valence-electron chi connectivity index (χ3n) is 2.67. The van der Waals surface area contributed by atoms with Crippen LogP contribution in [0.4, 0.5) is 0 Å². The van der Waals surface area contributed by atoms with Gasteiger partial charge in [0.1, 0.15) is 0 Å². The Morgan fingerprint density at radius 3 is 2.47 bits per heavy atom. The highest BCUT2D eigenvalue weighted by molar-refractivity contribution is 7.23. The van der Waals surface area contributed by atoms with Crippen LogP contribution in [0.3, 0.4) is 0 Å². The van der Waals surface area contributed by atoms with Crippen LogP contribution in [-0.2, 0) is 0 Å². The highest BCUT2D eigenvalue weighted by Crippen LogP contribution is 2.36. The van der Waals surface area contributed by atoms with Crippen molar-refractivity contribution in [3.05, 3.63) is 59.5 Å². The number of hydrogen-bond donors (Lipinski definition) is 0. The van der Waals surface area contributed by atoms with E-state index in [2.05, 4.69) is 60.8 Å². The van der Waals surface area contributed by atoms with Crippen molar-refractivity contribution in [3.8, 4) is 20.2 Å². The van der Waals surface area contributed by atoms with E-state index in [-0.39, 0.29) is 0 Å². The molecule has 0 bridgehead atoms. The molecule has 0 aliphatic carbocycles. The first kappa shape index (κ1) is 10.8. The molecule has 0 N–H and O–H groups in total. The fraction of sp³-hybridized carbons (Fsp3) is 0.0667. The average molecular weight is 256 g/mol. The van der Waals surface area contributed by atoms with Crippen molar-refractivity contribution in [2.24, 2.45) is 0 Å². The van der Waals surface area contributed by atoms with Crippen molar-refractivity contribution in [1.82, 2.24) is 0 Å². The van der Waals surface area contributed by atoms with Crippen molar-refractivity contribution in [2.75, 3.05) is 0 Å². The number of rotatable bonds is 2. The summed E-state index contributed by atoms with van der Waals surface area (Å²) in [5, 5.41) is 2.13. The van der Waals surface area contributed by atoms with Gasteiger partial charge in [0.15, 0.2) is 0 Å². The largest absolute Gasteiger partial charge is 0.143 e. The second-order valence-electron chi connectivity index (χ2n) is 4.01. The minimum atomic E-state index is 1.31. The smallest absolute Gasteiger partial charge is 0.0449 e. The molecule has 0 aliphatic rings. The molecule has 0 saturated carbocycles. The lowest BCUT2D eigenvalue weighted by atomic mass is 10.1. The lowest BCUT2D eigenvalue weighted by Gasteiger charge is -1.98. The first-order valence-electron chi connectivity index (χ1n) is 5.54. The second kappa shape index (κ2) is 4.47. The molecule has 1 aromatic carbocycles. The van der Waals surface area contributed by atoms with E-state index >= 15 is 0 Å². The minimum absolute atomic E-state index is 1.31. The topological polar surface area (TPSA) is 0 Å². The molecule has 0 saturated heterocycles. The first-order valence-corrected chi connectivity index (χ1v) is 7.23. The van der Waals surface area contributed by atoms with Gasteiger partial charge in [0.2, 0.25) is 0 Å². The quantitative estimate of drug-likeness (QED) is 0.571. The summed E-state index contributed by atoms with van der Waals surface area (Å²) in [4.78, 5) is 4.06. The molecule has 84 valence electrons. The van der Waals surface area contributed by atoms with E-state index in [1.54, 1.807) is 11.3 Å². The fourth-order valence-electron chi connectivity index (χ4n) is 1.84. The highest BCUT2D eigenvalue weighted by Gasteiger charge is 2.05. The third-order valence-corrected chi connectivity index (χ3v) is 4.87. The predicted molar refractivity (Wildman–Crippen MR) is 77.8 cm³/mol. The zero-order valence-electron chi connectivity index (χ0n) is 9.51. The van der Waals surface area contributed by atoms with Gasteiger partial charge in [-0.2, -0.15) is 0 Å².